The van der Waals surface area contributed by atoms with Crippen molar-refractivity contribution in [3.8, 4) is 23.1 Å². The number of nitrogens with two attached hydrogens (primary N) is 1. The van der Waals surface area contributed by atoms with Gasteiger partial charge in [0.05, 0.1) is 30.0 Å². The number of hydrogen-bond acceptors (Lipinski definition) is 10. The number of piperazine rings is 1. The molecule has 7 rings (SSSR count). The zero-order valence-corrected chi connectivity index (χ0v) is 24.9. The quantitative estimate of drug-likeness (QED) is 0.225. The molecule has 0 radical (unpaired) electrons. The average molecular weight is 636 g/mol. The van der Waals surface area contributed by atoms with Crippen molar-refractivity contribution in [2.75, 3.05) is 37.4 Å². The molecule has 1 aliphatic carbocycles. The number of fused-ring (bicyclic) bond motifs is 5. The van der Waals surface area contributed by atoms with Crippen molar-refractivity contribution in [1.82, 2.24) is 25.6 Å². The molecule has 1 aromatic carbocycles. The summed E-state index contributed by atoms with van der Waals surface area (Å²) in [6.07, 6.45) is -3.05. The average Bonchev–Trinajstić information content (AvgIpc) is 3.71. The number of aliphatic hydroxyl groups is 1. The molecule has 2 bridgehead atoms. The summed E-state index contributed by atoms with van der Waals surface area (Å²) in [7, 11) is 1.73. The molecule has 2 saturated heterocycles. The van der Waals surface area contributed by atoms with Crippen LogP contribution in [0.2, 0.25) is 0 Å². The summed E-state index contributed by atoms with van der Waals surface area (Å²) in [5, 5.41) is 17.3. The predicted molar refractivity (Wildman–Crippen MR) is 155 cm³/mol. The van der Waals surface area contributed by atoms with E-state index in [1.807, 2.05) is 11.8 Å². The highest BCUT2D eigenvalue weighted by Crippen LogP contribution is 2.50. The van der Waals surface area contributed by atoms with Gasteiger partial charge < -0.3 is 35.8 Å². The molecule has 1 saturated carbocycles. The molecule has 4 aliphatic rings. The number of halogens is 5. The van der Waals surface area contributed by atoms with Gasteiger partial charge in [0.2, 0.25) is 5.88 Å². The predicted octanol–water partition coefficient (Wildman–Crippen LogP) is 3.71. The van der Waals surface area contributed by atoms with Gasteiger partial charge in [0.25, 0.3) is 0 Å². The highest BCUT2D eigenvalue weighted by molar-refractivity contribution is 5.97. The summed E-state index contributed by atoms with van der Waals surface area (Å²) in [6, 6.07) is 0.470. The Morgan fingerprint density at radius 2 is 1.98 bits per heavy atom. The fraction of sp³-hybridized carbons (Fsp3) is 0.567. The lowest BCUT2D eigenvalue weighted by atomic mass is 9.96. The molecule has 5 heterocycles. The first-order valence-electron chi connectivity index (χ1n) is 15.0. The number of rotatable bonds is 7. The monoisotopic (exact) mass is 635 g/mol. The molecule has 3 fully saturated rings. The maximum absolute atomic E-state index is 16.7. The van der Waals surface area contributed by atoms with Crippen LogP contribution in [0.3, 0.4) is 0 Å². The molecule has 0 amide bonds. The van der Waals surface area contributed by atoms with Crippen LogP contribution in [0, 0.1) is 24.0 Å². The second-order valence-electron chi connectivity index (χ2n) is 12.7. The van der Waals surface area contributed by atoms with Crippen molar-refractivity contribution >= 4 is 22.4 Å². The summed E-state index contributed by atoms with van der Waals surface area (Å²) in [6.45, 7) is 3.70. The number of ether oxygens (including phenoxy) is 2. The van der Waals surface area contributed by atoms with Crippen LogP contribution in [0.15, 0.2) is 6.07 Å². The number of anilines is 2. The van der Waals surface area contributed by atoms with Crippen LogP contribution in [0.25, 0.3) is 22.2 Å². The highest BCUT2D eigenvalue weighted by Gasteiger charge is 2.50. The van der Waals surface area contributed by atoms with E-state index in [-0.39, 0.29) is 47.5 Å². The normalized spacial score (nSPS) is 25.5. The van der Waals surface area contributed by atoms with Gasteiger partial charge >= 0.3 is 12.2 Å². The van der Waals surface area contributed by atoms with E-state index in [0.29, 0.717) is 31.7 Å². The third-order valence-corrected chi connectivity index (χ3v) is 9.78. The summed E-state index contributed by atoms with van der Waals surface area (Å²) in [4.78, 5) is 15.4. The molecule has 45 heavy (non-hydrogen) atoms. The first kappa shape index (κ1) is 30.1. The molecule has 15 heteroatoms. The Balaban J connectivity index is 1.44. The second-order valence-corrected chi connectivity index (χ2v) is 12.7. The molecule has 10 nitrogen and oxygen atoms in total. The van der Waals surface area contributed by atoms with E-state index in [4.69, 9.17) is 20.2 Å². The van der Waals surface area contributed by atoms with Crippen LogP contribution in [-0.2, 0) is 6.18 Å². The third-order valence-electron chi connectivity index (χ3n) is 9.78. The lowest BCUT2D eigenvalue weighted by Crippen LogP contribution is -2.62. The molecule has 5 N–H and O–H groups in total. The first-order valence-corrected chi connectivity index (χ1v) is 15.0. The van der Waals surface area contributed by atoms with E-state index < -0.39 is 63.5 Å². The number of hydrogen-bond donors (Lipinski definition) is 4. The van der Waals surface area contributed by atoms with E-state index in [1.54, 1.807) is 7.05 Å². The highest BCUT2D eigenvalue weighted by atomic mass is 19.4. The SMILES string of the molecule is CNCC(O)C1(COc2nc3c4c(nc(-c5cc(N)c(F)c(C)c5C(F)(F)F)c(F)c4n2)O[C@@H](C)[C@@H]2[C@@H]4CC[C@H](CN32)N4)CC1. The Morgan fingerprint density at radius 1 is 1.22 bits per heavy atom. The summed E-state index contributed by atoms with van der Waals surface area (Å²) < 4.78 is 86.7. The molecule has 3 aliphatic heterocycles. The van der Waals surface area contributed by atoms with Crippen molar-refractivity contribution < 1.29 is 36.5 Å². The third kappa shape index (κ3) is 4.81. The number of aromatic nitrogens is 3. The zero-order chi connectivity index (χ0) is 32.0. The Morgan fingerprint density at radius 3 is 2.67 bits per heavy atom. The standard InChI is InChI=1S/C30H34F5N7O3/c1-12-20(30(33,34)35)15(8-16(36)21(12)31)23-22(32)24-19-26(41-28(40-24)44-11-29(6-7-29)18(43)9-37-3)42-10-14-4-5-17(38-14)25(42)13(2)45-27(19)39-23/h8,13-14,17-18,25,37-38,43H,4-7,9-11,36H2,1-3H3/t13-,14+,17-,18?,25+/m0/s1. The van der Waals surface area contributed by atoms with Gasteiger partial charge in [-0.15, -0.1) is 0 Å². The van der Waals surface area contributed by atoms with Crippen LogP contribution < -0.4 is 30.7 Å². The van der Waals surface area contributed by atoms with Gasteiger partial charge in [0.1, 0.15) is 34.3 Å². The number of nitrogens with zero attached hydrogens (tertiary/aromatic N) is 4. The second kappa shape index (κ2) is 10.5. The number of nitrogens with one attached hydrogen (secondary N) is 2. The van der Waals surface area contributed by atoms with Gasteiger partial charge in [0, 0.05) is 36.2 Å². The maximum Gasteiger partial charge on any atom is 0.417 e. The van der Waals surface area contributed by atoms with Crippen molar-refractivity contribution in [2.45, 2.75) is 76.0 Å². The van der Waals surface area contributed by atoms with Gasteiger partial charge in [-0.25, -0.2) is 13.8 Å². The van der Waals surface area contributed by atoms with Crippen LogP contribution in [-0.4, -0.2) is 77.1 Å². The number of pyridine rings is 1. The molecular formula is C30H34F5N7O3. The first-order chi connectivity index (χ1) is 21.3. The van der Waals surface area contributed by atoms with E-state index in [2.05, 4.69) is 20.6 Å². The van der Waals surface area contributed by atoms with Crippen LogP contribution in [0.4, 0.5) is 33.5 Å². The fourth-order valence-electron chi connectivity index (χ4n) is 7.26. The Labute approximate surface area is 255 Å². The van der Waals surface area contributed by atoms with Gasteiger partial charge in [-0.1, -0.05) is 0 Å². The zero-order valence-electron chi connectivity index (χ0n) is 24.9. The van der Waals surface area contributed by atoms with Gasteiger partial charge in [0.15, 0.2) is 5.82 Å². The molecular weight excluding hydrogens is 601 g/mol. The largest absolute Gasteiger partial charge is 0.472 e. The minimum Gasteiger partial charge on any atom is -0.472 e. The number of benzene rings is 1. The number of alkyl halides is 3. The number of likely N-dealkylation sites (N-methyl/N-ethyl adjacent to an activating group) is 1. The number of nitrogen functional groups attached to an aromatic ring is 1. The smallest absolute Gasteiger partial charge is 0.417 e. The van der Waals surface area contributed by atoms with Gasteiger partial charge in [-0.2, -0.15) is 23.1 Å². The number of aliphatic hydroxyl groups excluding tert-OH is 1. The topological polar surface area (TPSA) is 131 Å². The molecule has 5 atom stereocenters. The molecule has 1 unspecified atom stereocenters. The van der Waals surface area contributed by atoms with E-state index in [1.165, 1.54) is 0 Å². The fourth-order valence-corrected chi connectivity index (χ4v) is 7.26. The minimum atomic E-state index is -5.05. The molecule has 0 spiro atoms. The lowest BCUT2D eigenvalue weighted by Gasteiger charge is -2.42. The van der Waals surface area contributed by atoms with Crippen LogP contribution >= 0.6 is 0 Å². The van der Waals surface area contributed by atoms with Crippen molar-refractivity contribution in [3.05, 3.63) is 28.8 Å². The Bertz CT molecular complexity index is 1680. The summed E-state index contributed by atoms with van der Waals surface area (Å²) >= 11 is 0. The van der Waals surface area contributed by atoms with Crippen molar-refractivity contribution in [2.24, 2.45) is 5.41 Å². The van der Waals surface area contributed by atoms with E-state index >= 15 is 4.39 Å². The summed E-state index contributed by atoms with van der Waals surface area (Å²) in [5.74, 6) is -2.26. The van der Waals surface area contributed by atoms with Gasteiger partial charge in [-0.05, 0) is 58.2 Å². The van der Waals surface area contributed by atoms with E-state index in [0.717, 1.165) is 25.8 Å². The molecule has 3 aromatic rings. The van der Waals surface area contributed by atoms with Crippen LogP contribution in [0.1, 0.15) is 43.7 Å². The molecule has 2 aromatic heterocycles. The summed E-state index contributed by atoms with van der Waals surface area (Å²) in [5.41, 5.74) is 0.656. The lowest BCUT2D eigenvalue weighted by molar-refractivity contribution is -0.137. The Kier molecular flexibility index (Phi) is 7.02. The van der Waals surface area contributed by atoms with Crippen molar-refractivity contribution in [1.29, 1.82) is 0 Å². The van der Waals surface area contributed by atoms with Gasteiger partial charge in [-0.3, -0.25) is 0 Å². The minimum absolute atomic E-state index is 0.0227. The Hall–Kier alpha value is -3.56. The molecule has 242 valence electrons. The maximum atomic E-state index is 16.7. The van der Waals surface area contributed by atoms with E-state index in [9.17, 15) is 22.7 Å². The van der Waals surface area contributed by atoms with Crippen LogP contribution in [0.5, 0.6) is 11.9 Å². The van der Waals surface area contributed by atoms with Crippen molar-refractivity contribution in [3.63, 3.8) is 0 Å².